The SMILES string of the molecule is O=C(CN1CCN(c2ccc(F)cc2)CC1)NC(c1ccccc1)c1ccccc1. The first-order valence-corrected chi connectivity index (χ1v) is 10.3. The van der Waals surface area contributed by atoms with Gasteiger partial charge in [0, 0.05) is 31.9 Å². The fourth-order valence-electron chi connectivity index (χ4n) is 3.88. The van der Waals surface area contributed by atoms with E-state index >= 15 is 0 Å². The summed E-state index contributed by atoms with van der Waals surface area (Å²) in [5.74, 6) is -0.205. The van der Waals surface area contributed by atoms with E-state index in [0.29, 0.717) is 6.54 Å². The number of halogens is 1. The molecule has 3 aromatic rings. The van der Waals surface area contributed by atoms with Gasteiger partial charge in [0.05, 0.1) is 12.6 Å². The Morgan fingerprint density at radius 2 is 1.33 bits per heavy atom. The first kappa shape index (κ1) is 20.1. The number of nitrogens with zero attached hydrogens (tertiary/aromatic N) is 2. The maximum Gasteiger partial charge on any atom is 0.234 e. The smallest absolute Gasteiger partial charge is 0.234 e. The molecule has 0 atom stereocenters. The monoisotopic (exact) mass is 403 g/mol. The lowest BCUT2D eigenvalue weighted by molar-refractivity contribution is -0.122. The highest BCUT2D eigenvalue weighted by Gasteiger charge is 2.22. The molecule has 1 saturated heterocycles. The van der Waals surface area contributed by atoms with Crippen molar-refractivity contribution in [3.63, 3.8) is 0 Å². The van der Waals surface area contributed by atoms with Crippen LogP contribution in [0.4, 0.5) is 10.1 Å². The van der Waals surface area contributed by atoms with Gasteiger partial charge in [-0.3, -0.25) is 9.69 Å². The summed E-state index contributed by atoms with van der Waals surface area (Å²) in [5.41, 5.74) is 3.16. The van der Waals surface area contributed by atoms with E-state index in [1.165, 1.54) is 12.1 Å². The number of hydrogen-bond acceptors (Lipinski definition) is 3. The van der Waals surface area contributed by atoms with Crippen LogP contribution >= 0.6 is 0 Å². The van der Waals surface area contributed by atoms with Crippen LogP contribution in [0, 0.1) is 5.82 Å². The number of anilines is 1. The van der Waals surface area contributed by atoms with Gasteiger partial charge >= 0.3 is 0 Å². The molecule has 0 saturated carbocycles. The Morgan fingerprint density at radius 1 is 0.800 bits per heavy atom. The standard InChI is InChI=1S/C25H26FN3O/c26-22-11-13-23(14-12-22)29-17-15-28(16-18-29)19-24(30)27-25(20-7-3-1-4-8-20)21-9-5-2-6-10-21/h1-14,25H,15-19H2,(H,27,30). The van der Waals surface area contributed by atoms with Crippen LogP contribution < -0.4 is 10.2 Å². The van der Waals surface area contributed by atoms with Gasteiger partial charge in [0.25, 0.3) is 0 Å². The Balaban J connectivity index is 1.36. The highest BCUT2D eigenvalue weighted by molar-refractivity contribution is 5.79. The molecule has 1 aliphatic rings. The van der Waals surface area contributed by atoms with Crippen LogP contribution in [0.2, 0.25) is 0 Å². The molecule has 4 nitrogen and oxygen atoms in total. The minimum absolute atomic E-state index is 0.0166. The summed E-state index contributed by atoms with van der Waals surface area (Å²) < 4.78 is 13.1. The van der Waals surface area contributed by atoms with Crippen LogP contribution in [0.5, 0.6) is 0 Å². The van der Waals surface area contributed by atoms with Gasteiger partial charge in [0.1, 0.15) is 5.82 Å². The number of carbonyl (C=O) groups is 1. The maximum absolute atomic E-state index is 13.1. The number of nitrogens with one attached hydrogen (secondary N) is 1. The molecule has 0 spiro atoms. The van der Waals surface area contributed by atoms with Gasteiger partial charge in [-0.1, -0.05) is 60.7 Å². The largest absolute Gasteiger partial charge is 0.369 e. The van der Waals surface area contributed by atoms with Crippen molar-refractivity contribution in [3.05, 3.63) is 102 Å². The van der Waals surface area contributed by atoms with Gasteiger partial charge in [-0.2, -0.15) is 0 Å². The van der Waals surface area contributed by atoms with Crippen molar-refractivity contribution < 1.29 is 9.18 Å². The van der Waals surface area contributed by atoms with Crippen LogP contribution in [-0.4, -0.2) is 43.5 Å². The maximum atomic E-state index is 13.1. The van der Waals surface area contributed by atoms with Crippen molar-refractivity contribution in [3.8, 4) is 0 Å². The molecule has 1 amide bonds. The van der Waals surface area contributed by atoms with Crippen molar-refractivity contribution in [2.24, 2.45) is 0 Å². The number of piperazine rings is 1. The predicted octanol–water partition coefficient (Wildman–Crippen LogP) is 3.85. The zero-order valence-electron chi connectivity index (χ0n) is 16.9. The lowest BCUT2D eigenvalue weighted by Gasteiger charge is -2.36. The Kier molecular flexibility index (Phi) is 6.40. The number of rotatable bonds is 6. The number of amides is 1. The molecule has 5 heteroatoms. The average Bonchev–Trinajstić information content (AvgIpc) is 2.80. The topological polar surface area (TPSA) is 35.6 Å². The summed E-state index contributed by atoms with van der Waals surface area (Å²) in [6, 6.07) is 26.5. The number of carbonyl (C=O) groups excluding carboxylic acids is 1. The summed E-state index contributed by atoms with van der Waals surface area (Å²) in [4.78, 5) is 17.2. The van der Waals surface area contributed by atoms with E-state index in [1.54, 1.807) is 0 Å². The van der Waals surface area contributed by atoms with Crippen LogP contribution in [-0.2, 0) is 4.79 Å². The third-order valence-electron chi connectivity index (χ3n) is 5.50. The molecule has 1 N–H and O–H groups in total. The molecular weight excluding hydrogens is 377 g/mol. The molecule has 1 aliphatic heterocycles. The van der Waals surface area contributed by atoms with Gasteiger partial charge in [0.2, 0.25) is 5.91 Å². The molecule has 3 aromatic carbocycles. The van der Waals surface area contributed by atoms with E-state index in [4.69, 9.17) is 0 Å². The second-order valence-electron chi connectivity index (χ2n) is 7.56. The van der Waals surface area contributed by atoms with Gasteiger partial charge in [-0.05, 0) is 35.4 Å². The van der Waals surface area contributed by atoms with Crippen molar-refractivity contribution >= 4 is 11.6 Å². The van der Waals surface area contributed by atoms with E-state index in [1.807, 2.05) is 72.8 Å². The van der Waals surface area contributed by atoms with E-state index in [-0.39, 0.29) is 17.8 Å². The minimum Gasteiger partial charge on any atom is -0.369 e. The van der Waals surface area contributed by atoms with Gasteiger partial charge in [-0.15, -0.1) is 0 Å². The van der Waals surface area contributed by atoms with Crippen LogP contribution in [0.25, 0.3) is 0 Å². The Labute approximate surface area is 176 Å². The van der Waals surface area contributed by atoms with Crippen LogP contribution in [0.3, 0.4) is 0 Å². The zero-order valence-corrected chi connectivity index (χ0v) is 16.9. The van der Waals surface area contributed by atoms with E-state index < -0.39 is 0 Å². The molecule has 1 heterocycles. The molecule has 0 unspecified atom stereocenters. The lowest BCUT2D eigenvalue weighted by Crippen LogP contribution is -2.49. The minimum atomic E-state index is -0.222. The predicted molar refractivity (Wildman–Crippen MR) is 118 cm³/mol. The third-order valence-corrected chi connectivity index (χ3v) is 5.50. The fraction of sp³-hybridized carbons (Fsp3) is 0.240. The highest BCUT2D eigenvalue weighted by atomic mass is 19.1. The molecule has 1 fully saturated rings. The first-order chi connectivity index (χ1) is 14.7. The molecule has 4 rings (SSSR count). The molecule has 0 aliphatic carbocycles. The molecule has 0 bridgehead atoms. The molecule has 0 aromatic heterocycles. The fourth-order valence-corrected chi connectivity index (χ4v) is 3.88. The van der Waals surface area contributed by atoms with E-state index in [9.17, 15) is 9.18 Å². The number of hydrogen-bond donors (Lipinski definition) is 1. The summed E-state index contributed by atoms with van der Waals surface area (Å²) in [5, 5.41) is 3.21. The van der Waals surface area contributed by atoms with Gasteiger partial charge in [0.15, 0.2) is 0 Å². The second kappa shape index (κ2) is 9.55. The third kappa shape index (κ3) is 5.05. The molecular formula is C25H26FN3O. The van der Waals surface area contributed by atoms with Gasteiger partial charge in [-0.25, -0.2) is 4.39 Å². The quantitative estimate of drug-likeness (QED) is 0.679. The highest BCUT2D eigenvalue weighted by Crippen LogP contribution is 2.22. The van der Waals surface area contributed by atoms with Crippen molar-refractivity contribution in [1.82, 2.24) is 10.2 Å². The zero-order chi connectivity index (χ0) is 20.8. The normalized spacial score (nSPS) is 14.7. The lowest BCUT2D eigenvalue weighted by atomic mass is 9.99. The molecule has 30 heavy (non-hydrogen) atoms. The Bertz CT molecular complexity index is 900. The van der Waals surface area contributed by atoms with E-state index in [2.05, 4.69) is 15.1 Å². The molecule has 154 valence electrons. The second-order valence-corrected chi connectivity index (χ2v) is 7.56. The Morgan fingerprint density at radius 3 is 1.87 bits per heavy atom. The average molecular weight is 404 g/mol. The first-order valence-electron chi connectivity index (χ1n) is 10.3. The van der Waals surface area contributed by atoms with Gasteiger partial charge < -0.3 is 10.2 Å². The van der Waals surface area contributed by atoms with Crippen molar-refractivity contribution in [2.45, 2.75) is 6.04 Å². The summed E-state index contributed by atoms with van der Waals surface area (Å²) in [7, 11) is 0. The summed E-state index contributed by atoms with van der Waals surface area (Å²) in [6.07, 6.45) is 0. The van der Waals surface area contributed by atoms with Crippen LogP contribution in [0.1, 0.15) is 17.2 Å². The summed E-state index contributed by atoms with van der Waals surface area (Å²) in [6.45, 7) is 3.60. The number of benzene rings is 3. The van der Waals surface area contributed by atoms with E-state index in [0.717, 1.165) is 43.0 Å². The van der Waals surface area contributed by atoms with Crippen molar-refractivity contribution in [1.29, 1.82) is 0 Å². The van der Waals surface area contributed by atoms with Crippen LogP contribution in [0.15, 0.2) is 84.9 Å². The van der Waals surface area contributed by atoms with Crippen molar-refractivity contribution in [2.75, 3.05) is 37.6 Å². The Hall–Kier alpha value is -3.18. The summed E-state index contributed by atoms with van der Waals surface area (Å²) >= 11 is 0. The molecule has 0 radical (unpaired) electrons.